The maximum absolute atomic E-state index is 12.8. The summed E-state index contributed by atoms with van der Waals surface area (Å²) in [5, 5.41) is 0. The maximum Gasteiger partial charge on any atom is 0.320 e. The lowest BCUT2D eigenvalue weighted by atomic mass is 9.85. The third-order valence-electron chi connectivity index (χ3n) is 10.4. The maximum atomic E-state index is 12.8. The second-order valence-corrected chi connectivity index (χ2v) is 16.6. The van der Waals surface area contributed by atoms with Gasteiger partial charge in [0.1, 0.15) is 23.0 Å². The summed E-state index contributed by atoms with van der Waals surface area (Å²) >= 11 is 0. The number of esters is 2. The Kier molecular flexibility index (Phi) is 15.5. The van der Waals surface area contributed by atoms with Crippen LogP contribution in [0.5, 0.6) is 23.0 Å². The Morgan fingerprint density at radius 2 is 0.982 bits per heavy atom. The molecule has 0 aliphatic carbocycles. The first-order valence-electron chi connectivity index (χ1n) is 20.4. The van der Waals surface area contributed by atoms with Crippen molar-refractivity contribution >= 4 is 11.9 Å². The summed E-state index contributed by atoms with van der Waals surface area (Å²) in [4.78, 5) is 30.0. The van der Waals surface area contributed by atoms with Crippen LogP contribution in [-0.4, -0.2) is 74.2 Å². The molecule has 4 aromatic rings. The van der Waals surface area contributed by atoms with Crippen molar-refractivity contribution in [3.8, 4) is 23.0 Å². The van der Waals surface area contributed by atoms with Crippen LogP contribution in [0.25, 0.3) is 0 Å². The van der Waals surface area contributed by atoms with Crippen molar-refractivity contribution in [1.82, 2.24) is 9.80 Å². The van der Waals surface area contributed by atoms with Gasteiger partial charge in [-0.05, 0) is 122 Å². The van der Waals surface area contributed by atoms with E-state index in [4.69, 9.17) is 18.9 Å². The van der Waals surface area contributed by atoms with Crippen LogP contribution >= 0.6 is 0 Å². The van der Waals surface area contributed by atoms with Gasteiger partial charge in [0.2, 0.25) is 0 Å². The molecule has 1 aliphatic heterocycles. The fraction of sp³-hybridized carbons (Fsp3) is 0.458. The van der Waals surface area contributed by atoms with E-state index >= 15 is 0 Å². The van der Waals surface area contributed by atoms with Gasteiger partial charge < -0.3 is 18.9 Å². The largest absolute Gasteiger partial charge is 0.465 e. The Hall–Kier alpha value is -4.66. The minimum absolute atomic E-state index is 0.0941. The van der Waals surface area contributed by atoms with Crippen LogP contribution in [-0.2, 0) is 44.7 Å². The van der Waals surface area contributed by atoms with Crippen molar-refractivity contribution in [2.45, 2.75) is 80.1 Å². The van der Waals surface area contributed by atoms with Crippen LogP contribution in [0.15, 0.2) is 97.1 Å². The highest BCUT2D eigenvalue weighted by atomic mass is 16.5. The van der Waals surface area contributed by atoms with Gasteiger partial charge in [-0.1, -0.05) is 88.4 Å². The van der Waals surface area contributed by atoms with E-state index in [-0.39, 0.29) is 35.9 Å². The zero-order valence-electron chi connectivity index (χ0n) is 34.5. The third kappa shape index (κ3) is 13.8. The molecular formula is C48H62N2O6. The highest BCUT2D eigenvalue weighted by Gasteiger charge is 2.26. The number of carbonyl (C=O) groups is 2. The van der Waals surface area contributed by atoms with E-state index in [9.17, 15) is 9.59 Å². The Bertz CT molecular complexity index is 1730. The summed E-state index contributed by atoms with van der Waals surface area (Å²) in [6.45, 7) is 16.9. The van der Waals surface area contributed by atoms with Crippen LogP contribution in [0.4, 0.5) is 0 Å². The van der Waals surface area contributed by atoms with Crippen LogP contribution in [0, 0.1) is 10.8 Å². The average molecular weight is 763 g/mol. The number of hydrogen-bond donors (Lipinski definition) is 0. The predicted octanol–water partition coefficient (Wildman–Crippen LogP) is 9.72. The number of carbonyl (C=O) groups excluding carboxylic acids is 2. The summed E-state index contributed by atoms with van der Waals surface area (Å²) in [5.74, 6) is 2.87. The molecular weight excluding hydrogens is 701 g/mol. The van der Waals surface area contributed by atoms with E-state index in [0.29, 0.717) is 26.3 Å². The van der Waals surface area contributed by atoms with Gasteiger partial charge in [-0.2, -0.15) is 0 Å². The number of hydrogen-bond acceptors (Lipinski definition) is 8. The first-order chi connectivity index (χ1) is 26.9. The molecule has 1 aliphatic rings. The Balaban J connectivity index is 1.44. The monoisotopic (exact) mass is 762 g/mol. The molecule has 0 aromatic heterocycles. The zero-order chi connectivity index (χ0) is 40.0. The minimum Gasteiger partial charge on any atom is -0.465 e. The van der Waals surface area contributed by atoms with Crippen LogP contribution < -0.4 is 9.47 Å². The van der Waals surface area contributed by atoms with E-state index in [1.807, 2.05) is 62.4 Å². The van der Waals surface area contributed by atoms with Gasteiger partial charge in [-0.15, -0.1) is 0 Å². The molecule has 300 valence electrons. The van der Waals surface area contributed by atoms with E-state index in [0.717, 1.165) is 96.9 Å². The Labute approximate surface area is 335 Å². The molecule has 0 saturated heterocycles. The molecule has 8 heteroatoms. The van der Waals surface area contributed by atoms with Crippen molar-refractivity contribution in [3.05, 3.63) is 119 Å². The lowest BCUT2D eigenvalue weighted by molar-refractivity contribution is -0.145. The van der Waals surface area contributed by atoms with E-state index < -0.39 is 0 Å². The molecule has 4 aromatic carbocycles. The molecule has 5 rings (SSSR count). The number of ether oxygens (including phenoxy) is 4. The lowest BCUT2D eigenvalue weighted by Gasteiger charge is -2.33. The van der Waals surface area contributed by atoms with Crippen LogP contribution in [0.3, 0.4) is 0 Å². The summed E-state index contributed by atoms with van der Waals surface area (Å²) in [6, 6.07) is 33.1. The summed E-state index contributed by atoms with van der Waals surface area (Å²) in [6.07, 6.45) is 5.00. The minimum atomic E-state index is -0.201. The summed E-state index contributed by atoms with van der Waals surface area (Å²) in [5.41, 5.74) is 4.39. The zero-order valence-corrected chi connectivity index (χ0v) is 34.5. The molecule has 8 nitrogen and oxygen atoms in total. The van der Waals surface area contributed by atoms with E-state index in [1.54, 1.807) is 0 Å². The van der Waals surface area contributed by atoms with Crippen molar-refractivity contribution < 1.29 is 28.5 Å². The molecule has 0 amide bonds. The molecule has 0 saturated carbocycles. The highest BCUT2D eigenvalue weighted by Crippen LogP contribution is 2.33. The smallest absolute Gasteiger partial charge is 0.320 e. The third-order valence-corrected chi connectivity index (χ3v) is 10.4. The second kappa shape index (κ2) is 20.5. The average Bonchev–Trinajstić information content (AvgIpc) is 3.15. The number of benzene rings is 4. The highest BCUT2D eigenvalue weighted by molar-refractivity contribution is 5.72. The van der Waals surface area contributed by atoms with Gasteiger partial charge in [-0.3, -0.25) is 19.4 Å². The standard InChI is InChI=1S/C48H62N2O6/c1-7-53-45(51)33-49-29-25-37-15-13-19-41(31-37)55-44-22-12-10-18-40(44)24-28-48(5,6)36-50(34-46(52)54-8-2)30-26-38-16-14-20-42(32-38)56-43-21-11-9-17-39(43)23-27-47(3,4)35-49/h9-22,31-32H,7-8,23-30,33-36H2,1-6H3. The normalized spacial score (nSPS) is 17.2. The van der Waals surface area contributed by atoms with Gasteiger partial charge in [0, 0.05) is 26.2 Å². The summed E-state index contributed by atoms with van der Waals surface area (Å²) in [7, 11) is 0. The molecule has 0 fully saturated rings. The fourth-order valence-electron chi connectivity index (χ4n) is 7.50. The molecule has 0 N–H and O–H groups in total. The van der Waals surface area contributed by atoms with Crippen molar-refractivity contribution in [2.75, 3.05) is 52.5 Å². The number of nitrogens with zero attached hydrogens (tertiary/aromatic N) is 2. The molecule has 0 atom stereocenters. The van der Waals surface area contributed by atoms with Gasteiger partial charge >= 0.3 is 11.9 Å². The summed E-state index contributed by atoms with van der Waals surface area (Å²) < 4.78 is 23.9. The molecule has 0 radical (unpaired) electrons. The van der Waals surface area contributed by atoms with Crippen molar-refractivity contribution in [2.24, 2.45) is 10.8 Å². The lowest BCUT2D eigenvalue weighted by Crippen LogP contribution is -2.40. The molecule has 56 heavy (non-hydrogen) atoms. The number of rotatable bonds is 6. The Morgan fingerprint density at radius 3 is 1.39 bits per heavy atom. The predicted molar refractivity (Wildman–Crippen MR) is 224 cm³/mol. The van der Waals surface area contributed by atoms with Crippen molar-refractivity contribution in [3.63, 3.8) is 0 Å². The number of fused-ring (bicyclic) bond motifs is 6. The molecule has 0 unspecified atom stereocenters. The second-order valence-electron chi connectivity index (χ2n) is 16.6. The Morgan fingerprint density at radius 1 is 0.571 bits per heavy atom. The van der Waals surface area contributed by atoms with Crippen molar-refractivity contribution in [1.29, 1.82) is 0 Å². The topological polar surface area (TPSA) is 77.5 Å². The van der Waals surface area contributed by atoms with E-state index in [2.05, 4.69) is 86.0 Å². The van der Waals surface area contributed by atoms with E-state index in [1.165, 1.54) is 0 Å². The van der Waals surface area contributed by atoms with Gasteiger partial charge in [-0.25, -0.2) is 0 Å². The fourth-order valence-corrected chi connectivity index (χ4v) is 7.50. The van der Waals surface area contributed by atoms with Gasteiger partial charge in [0.05, 0.1) is 26.3 Å². The molecule has 4 bridgehead atoms. The quantitative estimate of drug-likeness (QED) is 0.180. The number of aryl methyl sites for hydroxylation is 2. The molecule has 0 spiro atoms. The first kappa shape index (κ1) is 42.5. The number of para-hydroxylation sites is 2. The van der Waals surface area contributed by atoms with Gasteiger partial charge in [0.25, 0.3) is 0 Å². The van der Waals surface area contributed by atoms with Crippen LogP contribution in [0.1, 0.15) is 76.6 Å². The van der Waals surface area contributed by atoms with Gasteiger partial charge in [0.15, 0.2) is 0 Å². The molecule has 1 heterocycles. The first-order valence-corrected chi connectivity index (χ1v) is 20.4. The SMILES string of the molecule is CCOC(=O)CN1CCc2cccc(c2)Oc2ccccc2CCC(C)(C)CN(CC(=O)OCC)CCc2cccc(c2)Oc2ccccc2CCC(C)(C)C1. The van der Waals surface area contributed by atoms with Crippen LogP contribution in [0.2, 0.25) is 0 Å².